The van der Waals surface area contributed by atoms with E-state index >= 15 is 0 Å². The average molecular weight is 454 g/mol. The van der Waals surface area contributed by atoms with Crippen LogP contribution >= 0.6 is 0 Å². The van der Waals surface area contributed by atoms with Crippen molar-refractivity contribution >= 4 is 0 Å². The third kappa shape index (κ3) is 4.23. The Balaban J connectivity index is 1.42. The summed E-state index contributed by atoms with van der Waals surface area (Å²) in [6.07, 6.45) is 3.58. The molecule has 0 spiro atoms. The summed E-state index contributed by atoms with van der Waals surface area (Å²) < 4.78 is 11.8. The molecule has 1 aromatic carbocycles. The first kappa shape index (κ1) is 21.7. The molecule has 1 saturated heterocycles. The number of nitrogens with one attached hydrogen (secondary N) is 1. The lowest BCUT2D eigenvalue weighted by atomic mass is 9.90. The van der Waals surface area contributed by atoms with E-state index in [-0.39, 0.29) is 12.0 Å². The lowest BCUT2D eigenvalue weighted by Crippen LogP contribution is -2.50. The largest absolute Gasteiger partial charge is 0.488 e. The Morgan fingerprint density at radius 1 is 1.06 bits per heavy atom. The standard InChI is InChI=1S/C25H23N7O2/c1-15-22(30-20(13-29-15)17-8-9-28-21(10-17)25(2,3)14-26)24-32-31-23(34-24)16-4-6-18(7-5-16)33-19-11-27-12-19/h4-10,13,19,27H,11-12H2,1-3H3. The van der Waals surface area contributed by atoms with Gasteiger partial charge in [0.15, 0.2) is 0 Å². The van der Waals surface area contributed by atoms with Gasteiger partial charge in [0, 0.05) is 30.4 Å². The quantitative estimate of drug-likeness (QED) is 0.465. The summed E-state index contributed by atoms with van der Waals surface area (Å²) in [5, 5.41) is 21.0. The summed E-state index contributed by atoms with van der Waals surface area (Å²) in [7, 11) is 0. The molecule has 0 radical (unpaired) electrons. The minimum atomic E-state index is -0.715. The number of pyridine rings is 1. The van der Waals surface area contributed by atoms with Crippen LogP contribution in [0.25, 0.3) is 34.3 Å². The Morgan fingerprint density at radius 2 is 1.82 bits per heavy atom. The molecule has 0 saturated carbocycles. The van der Waals surface area contributed by atoms with Crippen molar-refractivity contribution in [2.75, 3.05) is 13.1 Å². The number of aromatic nitrogens is 5. The molecule has 0 atom stereocenters. The zero-order chi connectivity index (χ0) is 23.7. The first-order valence-corrected chi connectivity index (χ1v) is 11.0. The molecule has 0 aliphatic carbocycles. The van der Waals surface area contributed by atoms with Crippen LogP contribution in [-0.4, -0.2) is 44.3 Å². The normalized spacial score (nSPS) is 13.8. The Bertz CT molecular complexity index is 1370. The van der Waals surface area contributed by atoms with Crippen LogP contribution in [-0.2, 0) is 5.41 Å². The van der Waals surface area contributed by atoms with Crippen molar-refractivity contribution in [2.24, 2.45) is 0 Å². The van der Waals surface area contributed by atoms with Gasteiger partial charge in [0.25, 0.3) is 5.89 Å². The molecule has 1 N–H and O–H groups in total. The number of hydrogen-bond donors (Lipinski definition) is 1. The number of ether oxygens (including phenoxy) is 1. The summed E-state index contributed by atoms with van der Waals surface area (Å²) >= 11 is 0. The van der Waals surface area contributed by atoms with Gasteiger partial charge < -0.3 is 14.5 Å². The molecule has 5 rings (SSSR count). The van der Waals surface area contributed by atoms with Crippen molar-refractivity contribution in [3.05, 3.63) is 60.2 Å². The summed E-state index contributed by atoms with van der Waals surface area (Å²) in [4.78, 5) is 13.6. The van der Waals surface area contributed by atoms with Gasteiger partial charge in [0.2, 0.25) is 5.89 Å². The minimum absolute atomic E-state index is 0.220. The van der Waals surface area contributed by atoms with E-state index in [4.69, 9.17) is 14.1 Å². The number of aryl methyl sites for hydroxylation is 1. The van der Waals surface area contributed by atoms with Crippen LogP contribution in [0.5, 0.6) is 5.75 Å². The fraction of sp³-hybridized carbons (Fsp3) is 0.280. The van der Waals surface area contributed by atoms with Crippen LogP contribution in [0.15, 0.2) is 53.2 Å². The van der Waals surface area contributed by atoms with Gasteiger partial charge in [0.05, 0.1) is 34.8 Å². The maximum Gasteiger partial charge on any atom is 0.268 e. The van der Waals surface area contributed by atoms with Gasteiger partial charge in [0.1, 0.15) is 17.5 Å². The summed E-state index contributed by atoms with van der Waals surface area (Å²) in [5.74, 6) is 1.48. The van der Waals surface area contributed by atoms with Gasteiger partial charge in [-0.15, -0.1) is 10.2 Å². The van der Waals surface area contributed by atoms with Crippen LogP contribution in [0.4, 0.5) is 0 Å². The number of rotatable bonds is 6. The molecule has 1 aliphatic rings. The predicted octanol–water partition coefficient (Wildman–Crippen LogP) is 3.72. The smallest absolute Gasteiger partial charge is 0.268 e. The summed E-state index contributed by atoms with van der Waals surface area (Å²) in [6.45, 7) is 7.23. The van der Waals surface area contributed by atoms with Crippen molar-refractivity contribution in [2.45, 2.75) is 32.3 Å². The van der Waals surface area contributed by atoms with E-state index < -0.39 is 5.41 Å². The van der Waals surface area contributed by atoms with Crippen molar-refractivity contribution in [1.82, 2.24) is 30.5 Å². The molecule has 170 valence electrons. The predicted molar refractivity (Wildman–Crippen MR) is 125 cm³/mol. The molecular formula is C25H23N7O2. The number of nitrogens with zero attached hydrogens (tertiary/aromatic N) is 6. The van der Waals surface area contributed by atoms with Gasteiger partial charge >= 0.3 is 0 Å². The van der Waals surface area contributed by atoms with Crippen LogP contribution in [0.3, 0.4) is 0 Å². The molecule has 0 unspecified atom stereocenters. The van der Waals surface area contributed by atoms with E-state index in [0.717, 1.165) is 30.0 Å². The fourth-order valence-corrected chi connectivity index (χ4v) is 3.43. The number of hydrogen-bond acceptors (Lipinski definition) is 9. The van der Waals surface area contributed by atoms with Crippen LogP contribution in [0, 0.1) is 18.3 Å². The van der Waals surface area contributed by atoms with Gasteiger partial charge in [-0.1, -0.05) is 0 Å². The van der Waals surface area contributed by atoms with E-state index in [1.54, 1.807) is 12.4 Å². The molecule has 9 nitrogen and oxygen atoms in total. The van der Waals surface area contributed by atoms with Crippen LogP contribution in [0.1, 0.15) is 25.2 Å². The zero-order valence-electron chi connectivity index (χ0n) is 19.1. The lowest BCUT2D eigenvalue weighted by molar-refractivity contribution is 0.142. The van der Waals surface area contributed by atoms with Crippen molar-refractivity contribution < 1.29 is 9.15 Å². The average Bonchev–Trinajstić information content (AvgIpc) is 3.32. The van der Waals surface area contributed by atoms with E-state index in [2.05, 4.69) is 31.6 Å². The van der Waals surface area contributed by atoms with Crippen LogP contribution in [0.2, 0.25) is 0 Å². The third-order valence-electron chi connectivity index (χ3n) is 5.71. The van der Waals surface area contributed by atoms with Gasteiger partial charge in [-0.3, -0.25) is 9.97 Å². The second-order valence-corrected chi connectivity index (χ2v) is 8.69. The van der Waals surface area contributed by atoms with Crippen LogP contribution < -0.4 is 10.1 Å². The highest BCUT2D eigenvalue weighted by Crippen LogP contribution is 2.29. The highest BCUT2D eigenvalue weighted by Gasteiger charge is 2.23. The molecule has 34 heavy (non-hydrogen) atoms. The Kier molecular flexibility index (Phi) is 5.51. The Morgan fingerprint density at radius 3 is 2.53 bits per heavy atom. The number of benzene rings is 1. The Hall–Kier alpha value is -4.16. The monoisotopic (exact) mass is 453 g/mol. The Labute approximate surface area is 196 Å². The van der Waals surface area contributed by atoms with Gasteiger partial charge in [-0.05, 0) is 57.2 Å². The van der Waals surface area contributed by atoms with E-state index in [1.165, 1.54) is 0 Å². The van der Waals surface area contributed by atoms with Gasteiger partial charge in [-0.2, -0.15) is 5.26 Å². The molecular weight excluding hydrogens is 430 g/mol. The third-order valence-corrected chi connectivity index (χ3v) is 5.71. The zero-order valence-corrected chi connectivity index (χ0v) is 19.1. The fourth-order valence-electron chi connectivity index (χ4n) is 3.43. The van der Waals surface area contributed by atoms with Crippen molar-refractivity contribution in [3.63, 3.8) is 0 Å². The molecule has 4 heterocycles. The summed E-state index contributed by atoms with van der Waals surface area (Å²) in [6, 6.07) is 13.5. The molecule has 0 amide bonds. The van der Waals surface area contributed by atoms with Crippen molar-refractivity contribution in [3.8, 4) is 46.1 Å². The molecule has 3 aromatic heterocycles. The maximum atomic E-state index is 9.45. The second kappa shape index (κ2) is 8.65. The molecule has 9 heteroatoms. The van der Waals surface area contributed by atoms with E-state index in [9.17, 15) is 5.26 Å². The SMILES string of the molecule is Cc1ncc(-c2ccnc(C(C)(C)C#N)c2)nc1-c1nnc(-c2ccc(OC3CNC3)cc2)o1. The highest BCUT2D eigenvalue weighted by atomic mass is 16.5. The highest BCUT2D eigenvalue weighted by molar-refractivity contribution is 5.64. The first-order chi connectivity index (χ1) is 16.4. The maximum absolute atomic E-state index is 9.45. The van der Waals surface area contributed by atoms with E-state index in [0.29, 0.717) is 28.7 Å². The first-order valence-electron chi connectivity index (χ1n) is 11.0. The molecule has 0 bridgehead atoms. The minimum Gasteiger partial charge on any atom is -0.488 e. The lowest BCUT2D eigenvalue weighted by Gasteiger charge is -2.27. The van der Waals surface area contributed by atoms with Gasteiger partial charge in [-0.25, -0.2) is 4.98 Å². The summed E-state index contributed by atoms with van der Waals surface area (Å²) in [5.41, 5.74) is 3.35. The molecule has 4 aromatic rings. The van der Waals surface area contributed by atoms with Crippen molar-refractivity contribution in [1.29, 1.82) is 5.26 Å². The second-order valence-electron chi connectivity index (χ2n) is 8.69. The topological polar surface area (TPSA) is 123 Å². The molecule has 1 aliphatic heterocycles. The molecule has 1 fully saturated rings. The van der Waals surface area contributed by atoms with E-state index in [1.807, 2.05) is 57.2 Å². The number of nitriles is 1.